The summed E-state index contributed by atoms with van der Waals surface area (Å²) in [6.45, 7) is 3.32. The summed E-state index contributed by atoms with van der Waals surface area (Å²) in [6, 6.07) is 0. The fourth-order valence-electron chi connectivity index (χ4n) is 1.57. The topological polar surface area (TPSA) is 69.9 Å². The molecule has 5 atom stereocenters. The maximum absolute atomic E-state index is 9.53. The second kappa shape index (κ2) is 3.70. The van der Waals surface area contributed by atoms with E-state index >= 15 is 0 Å². The van der Waals surface area contributed by atoms with E-state index in [1.807, 2.05) is 0 Å². The SMILES string of the molecule is CC1OC(O)C(C)C(CO)C1O. The molecular formula is C8H16O4. The highest BCUT2D eigenvalue weighted by Crippen LogP contribution is 2.29. The third-order valence-corrected chi connectivity index (χ3v) is 2.61. The van der Waals surface area contributed by atoms with Crippen LogP contribution in [0.4, 0.5) is 0 Å². The minimum atomic E-state index is -0.874. The first-order chi connectivity index (χ1) is 5.57. The van der Waals surface area contributed by atoms with E-state index in [-0.39, 0.29) is 18.4 Å². The van der Waals surface area contributed by atoms with Gasteiger partial charge in [-0.1, -0.05) is 6.92 Å². The number of aliphatic hydroxyl groups excluding tert-OH is 3. The van der Waals surface area contributed by atoms with Crippen LogP contribution < -0.4 is 0 Å². The van der Waals surface area contributed by atoms with Crippen LogP contribution in [0.15, 0.2) is 0 Å². The van der Waals surface area contributed by atoms with Gasteiger partial charge in [-0.15, -0.1) is 0 Å². The highest BCUT2D eigenvalue weighted by Gasteiger charge is 2.39. The minimum Gasteiger partial charge on any atom is -0.396 e. The summed E-state index contributed by atoms with van der Waals surface area (Å²) in [4.78, 5) is 0. The zero-order valence-electron chi connectivity index (χ0n) is 7.34. The first kappa shape index (κ1) is 9.92. The fourth-order valence-corrected chi connectivity index (χ4v) is 1.57. The third-order valence-electron chi connectivity index (χ3n) is 2.61. The first-order valence-electron chi connectivity index (χ1n) is 4.20. The number of ether oxygens (including phenoxy) is 1. The molecular weight excluding hydrogens is 160 g/mol. The van der Waals surface area contributed by atoms with Crippen LogP contribution in [0.5, 0.6) is 0 Å². The molecule has 4 nitrogen and oxygen atoms in total. The molecule has 1 aliphatic heterocycles. The Morgan fingerprint density at radius 2 is 1.83 bits per heavy atom. The third kappa shape index (κ3) is 1.61. The predicted molar refractivity (Wildman–Crippen MR) is 42.3 cm³/mol. The standard InChI is InChI=1S/C8H16O4/c1-4-6(3-9)7(10)5(2)12-8(4)11/h4-11H,3H2,1-2H3. The van der Waals surface area contributed by atoms with Crippen molar-refractivity contribution in [2.24, 2.45) is 11.8 Å². The Bertz CT molecular complexity index is 136. The van der Waals surface area contributed by atoms with Gasteiger partial charge in [0.2, 0.25) is 0 Å². The van der Waals surface area contributed by atoms with Crippen molar-refractivity contribution in [3.63, 3.8) is 0 Å². The van der Waals surface area contributed by atoms with Crippen molar-refractivity contribution >= 4 is 0 Å². The lowest BCUT2D eigenvalue weighted by molar-refractivity contribution is -0.245. The summed E-state index contributed by atoms with van der Waals surface area (Å²) in [5.74, 6) is -0.509. The molecule has 1 saturated heterocycles. The van der Waals surface area contributed by atoms with Crippen molar-refractivity contribution in [3.05, 3.63) is 0 Å². The number of hydrogen-bond acceptors (Lipinski definition) is 4. The Morgan fingerprint density at radius 3 is 2.33 bits per heavy atom. The highest BCUT2D eigenvalue weighted by molar-refractivity contribution is 4.84. The summed E-state index contributed by atoms with van der Waals surface area (Å²) in [5.41, 5.74) is 0. The molecule has 1 fully saturated rings. The van der Waals surface area contributed by atoms with Crippen LogP contribution in [-0.4, -0.2) is 40.4 Å². The van der Waals surface area contributed by atoms with E-state index in [9.17, 15) is 10.2 Å². The second-order valence-corrected chi connectivity index (χ2v) is 3.43. The summed E-state index contributed by atoms with van der Waals surface area (Å²) < 4.78 is 5.04. The lowest BCUT2D eigenvalue weighted by Crippen LogP contribution is -2.50. The first-order valence-corrected chi connectivity index (χ1v) is 4.20. The highest BCUT2D eigenvalue weighted by atomic mass is 16.6. The van der Waals surface area contributed by atoms with Crippen molar-refractivity contribution < 1.29 is 20.1 Å². The Kier molecular flexibility index (Phi) is 3.06. The van der Waals surface area contributed by atoms with Gasteiger partial charge in [0.05, 0.1) is 12.2 Å². The second-order valence-electron chi connectivity index (χ2n) is 3.43. The molecule has 12 heavy (non-hydrogen) atoms. The molecule has 1 aliphatic rings. The fraction of sp³-hybridized carbons (Fsp3) is 1.00. The van der Waals surface area contributed by atoms with Crippen LogP contribution in [0.3, 0.4) is 0 Å². The van der Waals surface area contributed by atoms with Crippen molar-refractivity contribution in [2.75, 3.05) is 6.61 Å². The van der Waals surface area contributed by atoms with Crippen LogP contribution in [0, 0.1) is 11.8 Å². The molecule has 0 aromatic rings. The monoisotopic (exact) mass is 176 g/mol. The van der Waals surface area contributed by atoms with Gasteiger partial charge in [-0.25, -0.2) is 0 Å². The average Bonchev–Trinajstić information content (AvgIpc) is 2.02. The van der Waals surface area contributed by atoms with E-state index < -0.39 is 18.5 Å². The quantitative estimate of drug-likeness (QED) is 0.495. The van der Waals surface area contributed by atoms with Crippen LogP contribution >= 0.6 is 0 Å². The van der Waals surface area contributed by atoms with E-state index in [0.717, 1.165) is 0 Å². The van der Waals surface area contributed by atoms with Gasteiger partial charge in [0, 0.05) is 18.4 Å². The summed E-state index contributed by atoms with van der Waals surface area (Å²) >= 11 is 0. The molecule has 5 unspecified atom stereocenters. The predicted octanol–water partition coefficient (Wildman–Crippen LogP) is -0.671. The molecule has 0 aromatic carbocycles. The lowest BCUT2D eigenvalue weighted by atomic mass is 9.84. The van der Waals surface area contributed by atoms with Gasteiger partial charge >= 0.3 is 0 Å². The van der Waals surface area contributed by atoms with E-state index in [0.29, 0.717) is 0 Å². The summed E-state index contributed by atoms with van der Waals surface area (Å²) in [5, 5.41) is 27.8. The molecule has 0 saturated carbocycles. The van der Waals surface area contributed by atoms with Crippen LogP contribution in [0.1, 0.15) is 13.8 Å². The molecule has 3 N–H and O–H groups in total. The Morgan fingerprint density at radius 1 is 1.25 bits per heavy atom. The molecule has 0 spiro atoms. The summed E-state index contributed by atoms with van der Waals surface area (Å²) in [6.07, 6.45) is -1.97. The largest absolute Gasteiger partial charge is 0.396 e. The van der Waals surface area contributed by atoms with Crippen molar-refractivity contribution in [1.82, 2.24) is 0 Å². The average molecular weight is 176 g/mol. The lowest BCUT2D eigenvalue weighted by Gasteiger charge is -2.39. The van der Waals surface area contributed by atoms with Gasteiger partial charge in [-0.3, -0.25) is 0 Å². The van der Waals surface area contributed by atoms with Gasteiger partial charge in [0.1, 0.15) is 0 Å². The zero-order chi connectivity index (χ0) is 9.30. The smallest absolute Gasteiger partial charge is 0.158 e. The van der Waals surface area contributed by atoms with Crippen molar-refractivity contribution in [3.8, 4) is 0 Å². The van der Waals surface area contributed by atoms with Crippen LogP contribution in [-0.2, 0) is 4.74 Å². The van der Waals surface area contributed by atoms with Gasteiger partial charge in [-0.05, 0) is 6.92 Å². The molecule has 4 heteroatoms. The molecule has 1 heterocycles. The Hall–Kier alpha value is -0.160. The van der Waals surface area contributed by atoms with Crippen LogP contribution in [0.25, 0.3) is 0 Å². The number of hydrogen-bond donors (Lipinski definition) is 3. The van der Waals surface area contributed by atoms with Gasteiger partial charge in [0.25, 0.3) is 0 Å². The van der Waals surface area contributed by atoms with E-state index in [4.69, 9.17) is 9.84 Å². The maximum Gasteiger partial charge on any atom is 0.158 e. The minimum absolute atomic E-state index is 0.118. The summed E-state index contributed by atoms with van der Waals surface area (Å²) in [7, 11) is 0. The van der Waals surface area contributed by atoms with Gasteiger partial charge < -0.3 is 20.1 Å². The Labute approximate surface area is 71.8 Å². The molecule has 0 bridgehead atoms. The molecule has 1 rings (SSSR count). The normalized spacial score (nSPS) is 49.2. The molecule has 72 valence electrons. The van der Waals surface area contributed by atoms with Crippen molar-refractivity contribution in [1.29, 1.82) is 0 Å². The van der Waals surface area contributed by atoms with Gasteiger partial charge in [0.15, 0.2) is 6.29 Å². The molecule has 0 aromatic heterocycles. The Balaban J connectivity index is 2.67. The number of aliphatic hydroxyl groups is 3. The van der Waals surface area contributed by atoms with Crippen LogP contribution in [0.2, 0.25) is 0 Å². The van der Waals surface area contributed by atoms with E-state index in [1.54, 1.807) is 13.8 Å². The van der Waals surface area contributed by atoms with E-state index in [2.05, 4.69) is 0 Å². The molecule has 0 radical (unpaired) electrons. The molecule has 0 amide bonds. The number of rotatable bonds is 1. The van der Waals surface area contributed by atoms with Crippen molar-refractivity contribution in [2.45, 2.75) is 32.3 Å². The van der Waals surface area contributed by atoms with Gasteiger partial charge in [-0.2, -0.15) is 0 Å². The maximum atomic E-state index is 9.53. The molecule has 0 aliphatic carbocycles. The zero-order valence-corrected chi connectivity index (χ0v) is 7.34. The van der Waals surface area contributed by atoms with E-state index in [1.165, 1.54) is 0 Å².